The number of carbonyl (C=O) groups excluding carboxylic acids is 1. The van der Waals surface area contributed by atoms with Crippen LogP contribution >= 0.6 is 15.9 Å². The number of aliphatic carboxylic acids is 1. The molecule has 158 valence electrons. The number of fused-ring (bicyclic) bond motifs is 2. The molecule has 2 heterocycles. The number of likely N-dealkylation sites (tertiary alicyclic amines) is 1. The van der Waals surface area contributed by atoms with Crippen LogP contribution in [0.1, 0.15) is 30.5 Å². The van der Waals surface area contributed by atoms with Gasteiger partial charge in [0.25, 0.3) is 0 Å². The fourth-order valence-electron chi connectivity index (χ4n) is 4.56. The maximum atomic E-state index is 12.8. The average Bonchev–Trinajstić information content (AvgIpc) is 3.12. The van der Waals surface area contributed by atoms with E-state index in [0.29, 0.717) is 25.1 Å². The van der Waals surface area contributed by atoms with E-state index < -0.39 is 18.2 Å². The van der Waals surface area contributed by atoms with Gasteiger partial charge in [-0.25, -0.2) is 9.59 Å². The molecule has 4 rings (SSSR count). The molecule has 2 aliphatic rings. The number of aromatic nitrogens is 1. The first kappa shape index (κ1) is 20.8. The monoisotopic (exact) mass is 474 g/mol. The van der Waals surface area contributed by atoms with Gasteiger partial charge in [0.1, 0.15) is 18.8 Å². The largest absolute Gasteiger partial charge is 0.480 e. The lowest BCUT2D eigenvalue weighted by atomic mass is 9.74. The number of benzene rings is 1. The first-order chi connectivity index (χ1) is 14.5. The Kier molecular flexibility index (Phi) is 6.06. The maximum absolute atomic E-state index is 12.8. The molecule has 3 atom stereocenters. The van der Waals surface area contributed by atoms with Crippen LogP contribution in [0.4, 0.5) is 4.79 Å². The van der Waals surface area contributed by atoms with Crippen molar-refractivity contribution in [1.29, 1.82) is 0 Å². The van der Waals surface area contributed by atoms with Crippen LogP contribution in [0.5, 0.6) is 0 Å². The number of carboxylic acids is 1. The first-order valence-corrected chi connectivity index (χ1v) is 10.7. The summed E-state index contributed by atoms with van der Waals surface area (Å²) >= 11 is 3.39. The Morgan fingerprint density at radius 1 is 1.23 bits per heavy atom. The Hall–Kier alpha value is -2.45. The minimum Gasteiger partial charge on any atom is -0.480 e. The summed E-state index contributed by atoms with van der Waals surface area (Å²) in [5, 5.41) is 9.20. The van der Waals surface area contributed by atoms with E-state index in [-0.39, 0.29) is 24.7 Å². The first-order valence-electron chi connectivity index (χ1n) is 9.93. The van der Waals surface area contributed by atoms with Crippen LogP contribution in [0, 0.1) is 5.92 Å². The molecular weight excluding hydrogens is 452 g/mol. The molecule has 2 fully saturated rings. The van der Waals surface area contributed by atoms with E-state index in [1.807, 2.05) is 42.5 Å². The van der Waals surface area contributed by atoms with E-state index in [1.54, 1.807) is 11.1 Å². The zero-order valence-corrected chi connectivity index (χ0v) is 18.0. The van der Waals surface area contributed by atoms with Crippen molar-refractivity contribution < 1.29 is 24.2 Å². The van der Waals surface area contributed by atoms with Crippen molar-refractivity contribution >= 4 is 28.0 Å². The number of hydrogen-bond acceptors (Lipinski definition) is 5. The third-order valence-corrected chi connectivity index (χ3v) is 6.45. The number of hydrogen-bond donors (Lipinski definition) is 1. The molecule has 1 saturated heterocycles. The molecule has 1 aliphatic carbocycles. The quantitative estimate of drug-likeness (QED) is 0.681. The van der Waals surface area contributed by atoms with Gasteiger partial charge < -0.3 is 19.5 Å². The molecule has 30 heavy (non-hydrogen) atoms. The van der Waals surface area contributed by atoms with Crippen molar-refractivity contribution in [2.24, 2.45) is 5.92 Å². The summed E-state index contributed by atoms with van der Waals surface area (Å²) < 4.78 is 12.4. The Labute approximate surface area is 183 Å². The molecule has 8 heteroatoms. The lowest BCUT2D eigenvalue weighted by Crippen LogP contribution is -2.43. The molecule has 1 aliphatic heterocycles. The van der Waals surface area contributed by atoms with Crippen LogP contribution in [-0.2, 0) is 26.5 Å². The second-order valence-electron chi connectivity index (χ2n) is 7.75. The van der Waals surface area contributed by atoms with Crippen LogP contribution in [-0.4, -0.2) is 46.2 Å². The van der Waals surface area contributed by atoms with E-state index in [9.17, 15) is 14.7 Å². The Morgan fingerprint density at radius 3 is 2.73 bits per heavy atom. The summed E-state index contributed by atoms with van der Waals surface area (Å²) in [7, 11) is 0. The van der Waals surface area contributed by atoms with Gasteiger partial charge in [-0.3, -0.25) is 4.98 Å². The number of nitrogens with zero attached hydrogens (tertiary/aromatic N) is 2. The number of ether oxygens (including phenoxy) is 2. The minimum atomic E-state index is -1.02. The summed E-state index contributed by atoms with van der Waals surface area (Å²) in [6.07, 6.45) is 3.39. The number of carboxylic acid groups (broad SMARTS) is 1. The smallest absolute Gasteiger partial charge is 0.410 e. The summed E-state index contributed by atoms with van der Waals surface area (Å²) in [5.74, 6) is -1.07. The molecular formula is C22H23BrN2O5. The molecule has 2 aromatic rings. The average molecular weight is 475 g/mol. The fraction of sp³-hybridized carbons (Fsp3) is 0.409. The predicted molar refractivity (Wildman–Crippen MR) is 112 cm³/mol. The molecule has 3 unspecified atom stereocenters. The number of halogens is 1. The van der Waals surface area contributed by atoms with E-state index in [4.69, 9.17) is 9.47 Å². The molecule has 1 N–H and O–H groups in total. The SMILES string of the molecule is O=C(O)COC1(c2ccc(Br)cn2)CCC2CC1CN2C(=O)OCc1ccccc1. The van der Waals surface area contributed by atoms with Gasteiger partial charge in [0.05, 0.1) is 5.69 Å². The van der Waals surface area contributed by atoms with Gasteiger partial charge in [-0.1, -0.05) is 30.3 Å². The molecule has 7 nitrogen and oxygen atoms in total. The molecule has 0 radical (unpaired) electrons. The third-order valence-electron chi connectivity index (χ3n) is 5.98. The van der Waals surface area contributed by atoms with E-state index in [1.165, 1.54) is 0 Å². The lowest BCUT2D eigenvalue weighted by molar-refractivity contribution is -0.159. The molecule has 1 aromatic heterocycles. The van der Waals surface area contributed by atoms with Gasteiger partial charge >= 0.3 is 12.1 Å². The zero-order chi connectivity index (χ0) is 21.1. The minimum absolute atomic E-state index is 0.0476. The predicted octanol–water partition coefficient (Wildman–Crippen LogP) is 3.96. The number of amides is 1. The van der Waals surface area contributed by atoms with Crippen molar-refractivity contribution in [3.63, 3.8) is 0 Å². The van der Waals surface area contributed by atoms with Gasteiger partial charge in [0.15, 0.2) is 0 Å². The van der Waals surface area contributed by atoms with Crippen LogP contribution in [0.3, 0.4) is 0 Å². The van der Waals surface area contributed by atoms with Gasteiger partial charge in [0, 0.05) is 29.2 Å². The fourth-order valence-corrected chi connectivity index (χ4v) is 4.79. The zero-order valence-electron chi connectivity index (χ0n) is 16.4. The topological polar surface area (TPSA) is 89.0 Å². The third kappa shape index (κ3) is 4.20. The van der Waals surface area contributed by atoms with E-state index in [0.717, 1.165) is 16.5 Å². The van der Waals surface area contributed by atoms with Gasteiger partial charge in [-0.05, 0) is 52.9 Å². The molecule has 0 spiro atoms. The molecule has 1 aromatic carbocycles. The summed E-state index contributed by atoms with van der Waals surface area (Å²) in [4.78, 5) is 30.3. The van der Waals surface area contributed by atoms with Gasteiger partial charge in [0.2, 0.25) is 0 Å². The Bertz CT molecular complexity index is 908. The van der Waals surface area contributed by atoms with Crippen LogP contribution in [0.15, 0.2) is 53.1 Å². The van der Waals surface area contributed by atoms with Crippen molar-refractivity contribution in [1.82, 2.24) is 9.88 Å². The summed E-state index contributed by atoms with van der Waals surface area (Å²) in [5.41, 5.74) is 0.811. The van der Waals surface area contributed by atoms with Crippen molar-refractivity contribution in [3.8, 4) is 0 Å². The molecule has 1 amide bonds. The summed E-state index contributed by atoms with van der Waals surface area (Å²) in [6, 6.07) is 13.4. The molecule has 1 saturated carbocycles. The normalized spacial score (nSPS) is 25.2. The highest BCUT2D eigenvalue weighted by molar-refractivity contribution is 9.10. The maximum Gasteiger partial charge on any atom is 0.410 e. The summed E-state index contributed by atoms with van der Waals surface area (Å²) in [6.45, 7) is 0.273. The van der Waals surface area contributed by atoms with Gasteiger partial charge in [-0.15, -0.1) is 0 Å². The van der Waals surface area contributed by atoms with Crippen LogP contribution < -0.4 is 0 Å². The van der Waals surface area contributed by atoms with Crippen LogP contribution in [0.2, 0.25) is 0 Å². The van der Waals surface area contributed by atoms with Crippen molar-refractivity contribution in [2.45, 2.75) is 37.5 Å². The number of pyridine rings is 1. The van der Waals surface area contributed by atoms with Gasteiger partial charge in [-0.2, -0.15) is 0 Å². The van der Waals surface area contributed by atoms with Crippen molar-refractivity contribution in [2.75, 3.05) is 13.2 Å². The lowest BCUT2D eigenvalue weighted by Gasteiger charge is -2.40. The second-order valence-corrected chi connectivity index (χ2v) is 8.67. The standard InChI is InChI=1S/C22H23BrN2O5/c23-17-6-7-19(24-11-17)22(30-14-20(26)27)9-8-18-10-16(22)12-25(18)21(28)29-13-15-4-2-1-3-5-15/h1-7,11,16,18H,8-10,12-14H2,(H,26,27). The molecule has 2 bridgehead atoms. The van der Waals surface area contributed by atoms with Crippen molar-refractivity contribution in [3.05, 3.63) is 64.4 Å². The van der Waals surface area contributed by atoms with E-state index >= 15 is 0 Å². The highest BCUT2D eigenvalue weighted by atomic mass is 79.9. The second kappa shape index (κ2) is 8.73. The number of carbonyl (C=O) groups is 2. The Balaban J connectivity index is 1.51. The highest BCUT2D eigenvalue weighted by Gasteiger charge is 2.54. The van der Waals surface area contributed by atoms with E-state index in [2.05, 4.69) is 20.9 Å². The van der Waals surface area contributed by atoms with Crippen LogP contribution in [0.25, 0.3) is 0 Å². The highest BCUT2D eigenvalue weighted by Crippen LogP contribution is 2.49. The number of rotatable bonds is 6. The Morgan fingerprint density at radius 2 is 2.03 bits per heavy atom.